The number of nitrogens with one attached hydrogen (secondary N) is 1. The summed E-state index contributed by atoms with van der Waals surface area (Å²) in [5.41, 5.74) is -1.17. The van der Waals surface area contributed by atoms with Gasteiger partial charge < -0.3 is 19.9 Å². The van der Waals surface area contributed by atoms with Crippen LogP contribution in [0.25, 0.3) is 21.9 Å². The van der Waals surface area contributed by atoms with Crippen molar-refractivity contribution in [3.63, 3.8) is 0 Å². The van der Waals surface area contributed by atoms with Crippen LogP contribution in [0.4, 0.5) is 8.78 Å². The van der Waals surface area contributed by atoms with Crippen LogP contribution in [0.3, 0.4) is 0 Å². The summed E-state index contributed by atoms with van der Waals surface area (Å²) in [5.74, 6) is -5.59. The fourth-order valence-corrected chi connectivity index (χ4v) is 2.65. The molecule has 0 radical (unpaired) electrons. The molecular formula is C18H11F2NO6. The number of aliphatic carboxylic acids is 1. The Morgan fingerprint density at radius 1 is 1.11 bits per heavy atom. The van der Waals surface area contributed by atoms with Crippen LogP contribution in [-0.4, -0.2) is 28.6 Å². The Balaban J connectivity index is 2.32. The van der Waals surface area contributed by atoms with Gasteiger partial charge in [-0.15, -0.1) is 0 Å². The molecule has 0 bridgehead atoms. The summed E-state index contributed by atoms with van der Waals surface area (Å²) in [7, 11) is 0. The molecule has 3 N–H and O–H groups in total. The molecule has 9 heteroatoms. The van der Waals surface area contributed by atoms with Crippen LogP contribution in [0.1, 0.15) is 10.4 Å². The molecule has 0 unspecified atom stereocenters. The third kappa shape index (κ3) is 3.34. The number of halogens is 2. The number of rotatable bonds is 4. The van der Waals surface area contributed by atoms with Gasteiger partial charge in [0.1, 0.15) is 12.1 Å². The molecular weight excluding hydrogens is 364 g/mol. The zero-order valence-electron chi connectivity index (χ0n) is 13.5. The van der Waals surface area contributed by atoms with Crippen molar-refractivity contribution in [1.82, 2.24) is 5.32 Å². The van der Waals surface area contributed by atoms with E-state index in [2.05, 4.69) is 9.73 Å². The van der Waals surface area contributed by atoms with E-state index in [1.165, 1.54) is 24.3 Å². The Morgan fingerprint density at radius 3 is 2.52 bits per heavy atom. The second-order valence-electron chi connectivity index (χ2n) is 5.50. The molecule has 7 nitrogen and oxygen atoms in total. The van der Waals surface area contributed by atoms with E-state index in [-0.39, 0.29) is 21.9 Å². The minimum Gasteiger partial charge on any atom is -0.480 e. The van der Waals surface area contributed by atoms with E-state index in [0.717, 1.165) is 12.1 Å². The minimum atomic E-state index is -1.33. The topological polar surface area (TPSA) is 117 Å². The average Bonchev–Trinajstić information content (AvgIpc) is 2.62. The highest BCUT2D eigenvalue weighted by molar-refractivity contribution is 6.13. The first-order chi connectivity index (χ1) is 12.8. The number of amides is 1. The van der Waals surface area contributed by atoms with E-state index in [0.29, 0.717) is 0 Å². The average molecular weight is 375 g/mol. The smallest absolute Gasteiger partial charge is 0.346 e. The van der Waals surface area contributed by atoms with Gasteiger partial charge in [0, 0.05) is 5.39 Å². The molecule has 0 aliphatic heterocycles. The van der Waals surface area contributed by atoms with Crippen molar-refractivity contribution in [2.24, 2.45) is 0 Å². The van der Waals surface area contributed by atoms with Crippen LogP contribution in [0, 0.1) is 11.6 Å². The molecule has 0 fully saturated rings. The van der Waals surface area contributed by atoms with Gasteiger partial charge in [-0.05, 0) is 29.3 Å². The Hall–Kier alpha value is -3.75. The maximum absolute atomic E-state index is 13.6. The Kier molecular flexibility index (Phi) is 4.59. The van der Waals surface area contributed by atoms with Gasteiger partial charge in [-0.1, -0.05) is 18.2 Å². The van der Waals surface area contributed by atoms with E-state index >= 15 is 0 Å². The maximum atomic E-state index is 13.6. The maximum Gasteiger partial charge on any atom is 0.346 e. The number of benzene rings is 2. The summed E-state index contributed by atoms with van der Waals surface area (Å²) in [6, 6.07) is 7.16. The van der Waals surface area contributed by atoms with Crippen LogP contribution in [0.15, 0.2) is 45.6 Å². The van der Waals surface area contributed by atoms with Crippen LogP contribution < -0.4 is 10.9 Å². The predicted octanol–water partition coefficient (Wildman–Crippen LogP) is 2.26. The third-order valence-corrected chi connectivity index (χ3v) is 3.80. The van der Waals surface area contributed by atoms with Gasteiger partial charge >= 0.3 is 11.6 Å². The van der Waals surface area contributed by atoms with Crippen LogP contribution in [0.5, 0.6) is 5.95 Å². The molecule has 1 heterocycles. The van der Waals surface area contributed by atoms with Crippen molar-refractivity contribution < 1.29 is 33.0 Å². The fraction of sp³-hybridized carbons (Fsp3) is 0.0556. The number of carbonyl (C=O) groups excluding carboxylic acids is 1. The van der Waals surface area contributed by atoms with Gasteiger partial charge in [-0.25, -0.2) is 13.6 Å². The monoisotopic (exact) mass is 375 g/mol. The van der Waals surface area contributed by atoms with E-state index in [1.54, 1.807) is 0 Å². The zero-order valence-corrected chi connectivity index (χ0v) is 13.5. The molecule has 0 atom stereocenters. The summed E-state index contributed by atoms with van der Waals surface area (Å²) in [5, 5.41) is 20.6. The lowest BCUT2D eigenvalue weighted by Crippen LogP contribution is -2.29. The largest absolute Gasteiger partial charge is 0.480 e. The number of carboxylic acid groups (broad SMARTS) is 1. The first-order valence-corrected chi connectivity index (χ1v) is 7.53. The molecule has 2 aromatic carbocycles. The van der Waals surface area contributed by atoms with Crippen LogP contribution in [0.2, 0.25) is 0 Å². The van der Waals surface area contributed by atoms with Crippen molar-refractivity contribution in [1.29, 1.82) is 0 Å². The highest BCUT2D eigenvalue weighted by Gasteiger charge is 2.23. The van der Waals surface area contributed by atoms with Crippen molar-refractivity contribution in [2.75, 3.05) is 6.54 Å². The molecule has 0 aliphatic carbocycles. The molecule has 3 aromatic rings. The summed E-state index contributed by atoms with van der Waals surface area (Å²) in [6.07, 6.45) is 0. The van der Waals surface area contributed by atoms with Crippen molar-refractivity contribution >= 4 is 22.6 Å². The molecule has 27 heavy (non-hydrogen) atoms. The molecule has 3 rings (SSSR count). The molecule has 0 saturated carbocycles. The number of carbonyl (C=O) groups is 2. The summed E-state index contributed by atoms with van der Waals surface area (Å²) < 4.78 is 31.5. The lowest BCUT2D eigenvalue weighted by molar-refractivity contribution is -0.135. The lowest BCUT2D eigenvalue weighted by Gasteiger charge is -2.12. The highest BCUT2D eigenvalue weighted by Crippen LogP contribution is 2.34. The number of hydrogen-bond acceptors (Lipinski definition) is 5. The second-order valence-corrected chi connectivity index (χ2v) is 5.50. The normalized spacial score (nSPS) is 10.7. The fourth-order valence-electron chi connectivity index (χ4n) is 2.65. The van der Waals surface area contributed by atoms with E-state index in [4.69, 9.17) is 5.11 Å². The number of hydrogen-bond donors (Lipinski definition) is 3. The van der Waals surface area contributed by atoms with Crippen LogP contribution >= 0.6 is 0 Å². The molecule has 0 aliphatic rings. The predicted molar refractivity (Wildman–Crippen MR) is 89.5 cm³/mol. The number of aromatic hydroxyl groups is 1. The number of fused-ring (bicyclic) bond motifs is 1. The van der Waals surface area contributed by atoms with Gasteiger partial charge in [0.2, 0.25) is 0 Å². The summed E-state index contributed by atoms with van der Waals surface area (Å²) in [6.45, 7) is -0.744. The van der Waals surface area contributed by atoms with E-state index < -0.39 is 47.2 Å². The van der Waals surface area contributed by atoms with Gasteiger partial charge in [0.15, 0.2) is 11.6 Å². The highest BCUT2D eigenvalue weighted by atomic mass is 19.2. The zero-order chi connectivity index (χ0) is 19.7. The quantitative estimate of drug-likeness (QED) is 0.644. The van der Waals surface area contributed by atoms with Gasteiger partial charge in [0.25, 0.3) is 11.9 Å². The van der Waals surface area contributed by atoms with Crippen molar-refractivity contribution in [3.05, 3.63) is 64.0 Å². The summed E-state index contributed by atoms with van der Waals surface area (Å²) in [4.78, 5) is 35.1. The first kappa shape index (κ1) is 18.1. The standard InChI is InChI=1S/C18H11F2NO6/c19-11-5-4-8(6-12(11)20)9-2-1-3-10-14(9)15(18(26)27-17(10)25)16(24)21-7-13(22)23/h1-6,26H,7H2,(H,21,24)(H,22,23). The van der Waals surface area contributed by atoms with Crippen LogP contribution in [-0.2, 0) is 4.79 Å². The molecule has 0 saturated heterocycles. The lowest BCUT2D eigenvalue weighted by atomic mass is 9.95. The van der Waals surface area contributed by atoms with Gasteiger partial charge in [-0.3, -0.25) is 9.59 Å². The van der Waals surface area contributed by atoms with Gasteiger partial charge in [-0.2, -0.15) is 0 Å². The van der Waals surface area contributed by atoms with E-state index in [9.17, 15) is 28.3 Å². The first-order valence-electron chi connectivity index (χ1n) is 7.53. The molecule has 0 spiro atoms. The Bertz CT molecular complexity index is 1140. The SMILES string of the molecule is O=C(O)CNC(=O)c1c(O)oc(=O)c2cccc(-c3ccc(F)c(F)c3)c12. The molecule has 1 amide bonds. The summed E-state index contributed by atoms with van der Waals surface area (Å²) >= 11 is 0. The number of carboxylic acids is 1. The molecule has 1 aromatic heterocycles. The molecule has 138 valence electrons. The van der Waals surface area contributed by atoms with Crippen molar-refractivity contribution in [2.45, 2.75) is 0 Å². The minimum absolute atomic E-state index is 0.0832. The second kappa shape index (κ2) is 6.87. The Labute approximate surface area is 149 Å². The van der Waals surface area contributed by atoms with Crippen molar-refractivity contribution in [3.8, 4) is 17.1 Å². The Morgan fingerprint density at radius 2 is 1.85 bits per heavy atom. The third-order valence-electron chi connectivity index (χ3n) is 3.80. The van der Waals surface area contributed by atoms with Gasteiger partial charge in [0.05, 0.1) is 5.39 Å². The van der Waals surface area contributed by atoms with E-state index in [1.807, 2.05) is 0 Å².